The Kier molecular flexibility index (Phi) is 3.94. The fourth-order valence-corrected chi connectivity index (χ4v) is 3.02. The fraction of sp³-hybridized carbons (Fsp3) is 0.125. The van der Waals surface area contributed by atoms with Gasteiger partial charge in [-0.2, -0.15) is 0 Å². The maximum absolute atomic E-state index is 10.1. The Bertz CT molecular complexity index is 658. The van der Waals surface area contributed by atoms with E-state index in [1.54, 1.807) is 12.1 Å². The molecule has 2 aromatic carbocycles. The minimum atomic E-state index is -0.796. The fourth-order valence-electron chi connectivity index (χ4n) is 1.80. The molecule has 0 spiro atoms. The molecule has 1 aliphatic rings. The Morgan fingerprint density at radius 3 is 2.70 bits per heavy atom. The summed E-state index contributed by atoms with van der Waals surface area (Å²) in [6.07, 6.45) is -0.796. The Hall–Kier alpha value is -1.92. The Labute approximate surface area is 123 Å². The molecule has 0 radical (unpaired) electrons. The van der Waals surface area contributed by atoms with Gasteiger partial charge < -0.3 is 0 Å². The maximum atomic E-state index is 10.1. The van der Waals surface area contributed by atoms with Crippen molar-refractivity contribution in [2.75, 3.05) is 6.79 Å². The summed E-state index contributed by atoms with van der Waals surface area (Å²) in [5, 5.41) is 10.1. The Balaban J connectivity index is 1.69. The quantitative estimate of drug-likeness (QED) is 0.669. The van der Waals surface area contributed by atoms with E-state index in [0.29, 0.717) is 11.5 Å². The van der Waals surface area contributed by atoms with Crippen LogP contribution in [0.15, 0.2) is 48.5 Å². The van der Waals surface area contributed by atoms with Crippen LogP contribution in [0.5, 0.6) is 11.5 Å². The van der Waals surface area contributed by atoms with Gasteiger partial charge in [0.1, 0.15) is 0 Å². The van der Waals surface area contributed by atoms with Crippen LogP contribution in [0.1, 0.15) is 11.7 Å². The standard InChI is InChI=1S/C16H12O3Se/c17-14(8-9-20-13-4-2-1-3-5-13)12-6-7-15-16(10-12)19-11-18-15/h1-7,10,14,17H,11H2. The van der Waals surface area contributed by atoms with Crippen LogP contribution in [-0.2, 0) is 0 Å². The summed E-state index contributed by atoms with van der Waals surface area (Å²) < 4.78 is 11.7. The van der Waals surface area contributed by atoms with Crippen molar-refractivity contribution in [2.45, 2.75) is 6.10 Å². The van der Waals surface area contributed by atoms with Crippen LogP contribution in [0.3, 0.4) is 0 Å². The first-order valence-electron chi connectivity index (χ1n) is 6.13. The molecule has 1 aliphatic heterocycles. The van der Waals surface area contributed by atoms with Crippen molar-refractivity contribution in [3.8, 4) is 22.2 Å². The number of hydrogen-bond acceptors (Lipinski definition) is 3. The molecular formula is C16H12O3Se. The second kappa shape index (κ2) is 6.02. The van der Waals surface area contributed by atoms with E-state index in [1.807, 2.05) is 36.4 Å². The summed E-state index contributed by atoms with van der Waals surface area (Å²) in [5.74, 6) is 4.25. The summed E-state index contributed by atoms with van der Waals surface area (Å²) in [4.78, 5) is 3.06. The van der Waals surface area contributed by atoms with Crippen molar-refractivity contribution in [3.05, 3.63) is 54.1 Å². The average Bonchev–Trinajstić information content (AvgIpc) is 2.95. The summed E-state index contributed by atoms with van der Waals surface area (Å²) in [7, 11) is 0. The van der Waals surface area contributed by atoms with Gasteiger partial charge in [0.25, 0.3) is 0 Å². The zero-order valence-corrected chi connectivity index (χ0v) is 12.3. The van der Waals surface area contributed by atoms with Crippen molar-refractivity contribution in [1.29, 1.82) is 0 Å². The molecule has 20 heavy (non-hydrogen) atoms. The third-order valence-corrected chi connectivity index (χ3v) is 4.35. The molecule has 0 saturated carbocycles. The summed E-state index contributed by atoms with van der Waals surface area (Å²) in [6, 6.07) is 15.4. The zero-order valence-electron chi connectivity index (χ0n) is 10.6. The van der Waals surface area contributed by atoms with Gasteiger partial charge in [0.2, 0.25) is 0 Å². The first-order valence-corrected chi connectivity index (χ1v) is 7.84. The molecule has 1 N–H and O–H groups in total. The van der Waals surface area contributed by atoms with E-state index in [0.717, 1.165) is 5.56 Å². The number of rotatable bonds is 2. The van der Waals surface area contributed by atoms with Gasteiger partial charge in [-0.1, -0.05) is 0 Å². The monoisotopic (exact) mass is 332 g/mol. The minimum absolute atomic E-state index is 0.0541. The number of aliphatic hydroxyl groups excluding tert-OH is 1. The van der Waals surface area contributed by atoms with Crippen LogP contribution in [-0.4, -0.2) is 26.9 Å². The van der Waals surface area contributed by atoms with Gasteiger partial charge >= 0.3 is 123 Å². The molecule has 100 valence electrons. The van der Waals surface area contributed by atoms with Crippen LogP contribution in [0, 0.1) is 10.7 Å². The molecule has 3 nitrogen and oxygen atoms in total. The van der Waals surface area contributed by atoms with Crippen molar-refractivity contribution in [3.63, 3.8) is 0 Å². The molecule has 1 unspecified atom stereocenters. The molecule has 1 heterocycles. The molecule has 0 aromatic heterocycles. The zero-order chi connectivity index (χ0) is 13.8. The van der Waals surface area contributed by atoms with Gasteiger partial charge in [-0.15, -0.1) is 0 Å². The van der Waals surface area contributed by atoms with Crippen molar-refractivity contribution >= 4 is 19.4 Å². The van der Waals surface area contributed by atoms with Crippen molar-refractivity contribution < 1.29 is 14.6 Å². The summed E-state index contributed by atoms with van der Waals surface area (Å²) in [6.45, 7) is 0.234. The Morgan fingerprint density at radius 2 is 1.85 bits per heavy atom. The van der Waals surface area contributed by atoms with Crippen molar-refractivity contribution in [1.82, 2.24) is 0 Å². The van der Waals surface area contributed by atoms with E-state index in [-0.39, 0.29) is 21.7 Å². The first kappa shape index (κ1) is 13.1. The first-order chi connectivity index (χ1) is 9.83. The van der Waals surface area contributed by atoms with E-state index in [2.05, 4.69) is 10.7 Å². The molecule has 3 rings (SSSR count). The number of aliphatic hydroxyl groups is 1. The molecule has 0 saturated heterocycles. The van der Waals surface area contributed by atoms with Gasteiger partial charge in [-0.3, -0.25) is 0 Å². The molecule has 0 aliphatic carbocycles. The van der Waals surface area contributed by atoms with Gasteiger partial charge in [-0.05, 0) is 0 Å². The topological polar surface area (TPSA) is 38.7 Å². The third-order valence-electron chi connectivity index (χ3n) is 2.82. The van der Waals surface area contributed by atoms with E-state index in [1.165, 1.54) is 4.46 Å². The Morgan fingerprint density at radius 1 is 1.05 bits per heavy atom. The van der Waals surface area contributed by atoms with Gasteiger partial charge in [-0.25, -0.2) is 0 Å². The van der Waals surface area contributed by atoms with Crippen LogP contribution >= 0.6 is 0 Å². The number of ether oxygens (including phenoxy) is 2. The van der Waals surface area contributed by atoms with Crippen LogP contribution < -0.4 is 13.9 Å². The predicted octanol–water partition coefficient (Wildman–Crippen LogP) is 1.44. The number of benzene rings is 2. The molecule has 1 atom stereocenters. The van der Waals surface area contributed by atoms with Gasteiger partial charge in [0, 0.05) is 0 Å². The number of fused-ring (bicyclic) bond motifs is 1. The molecule has 0 fully saturated rings. The molecule has 0 amide bonds. The third kappa shape index (κ3) is 2.97. The molecular weight excluding hydrogens is 319 g/mol. The summed E-state index contributed by atoms with van der Waals surface area (Å²) in [5.41, 5.74) is 0.727. The van der Waals surface area contributed by atoms with Crippen LogP contribution in [0.2, 0.25) is 0 Å². The van der Waals surface area contributed by atoms with E-state index in [9.17, 15) is 5.11 Å². The second-order valence-electron chi connectivity index (χ2n) is 4.18. The summed E-state index contributed by atoms with van der Waals surface area (Å²) >= 11 is 0.0541. The van der Waals surface area contributed by atoms with Gasteiger partial charge in [0.05, 0.1) is 0 Å². The van der Waals surface area contributed by atoms with Crippen LogP contribution in [0.25, 0.3) is 0 Å². The van der Waals surface area contributed by atoms with E-state index >= 15 is 0 Å². The SMILES string of the molecule is OC(C#C[Se]c1ccccc1)c1ccc2c(c1)OCO2. The van der Waals surface area contributed by atoms with E-state index < -0.39 is 6.10 Å². The number of hydrogen-bond donors (Lipinski definition) is 1. The average molecular weight is 331 g/mol. The normalized spacial score (nSPS) is 13.4. The predicted molar refractivity (Wildman–Crippen MR) is 77.1 cm³/mol. The molecule has 4 heteroatoms. The van der Waals surface area contributed by atoms with Gasteiger partial charge in [0.15, 0.2) is 0 Å². The van der Waals surface area contributed by atoms with Crippen molar-refractivity contribution in [2.24, 2.45) is 0 Å². The molecule has 0 bridgehead atoms. The van der Waals surface area contributed by atoms with E-state index in [4.69, 9.17) is 9.47 Å². The van der Waals surface area contributed by atoms with Crippen LogP contribution in [0.4, 0.5) is 0 Å². The second-order valence-corrected chi connectivity index (χ2v) is 6.02. The molecule has 2 aromatic rings.